The molecule has 2 aromatic carbocycles. The van der Waals surface area contributed by atoms with Gasteiger partial charge in [-0.25, -0.2) is 0 Å². The van der Waals surface area contributed by atoms with Gasteiger partial charge in [0.2, 0.25) is 0 Å². The molecule has 5 nitrogen and oxygen atoms in total. The molecule has 1 amide bonds. The van der Waals surface area contributed by atoms with E-state index in [-0.39, 0.29) is 11.9 Å². The molecule has 0 aliphatic carbocycles. The second-order valence-electron chi connectivity index (χ2n) is 7.28. The van der Waals surface area contributed by atoms with Crippen molar-refractivity contribution in [3.05, 3.63) is 103 Å². The van der Waals surface area contributed by atoms with Gasteiger partial charge in [0.1, 0.15) is 12.4 Å². The lowest BCUT2D eigenvalue weighted by atomic mass is 10.0. The molecule has 1 aliphatic rings. The molecule has 31 heavy (non-hydrogen) atoms. The summed E-state index contributed by atoms with van der Waals surface area (Å²) in [6.45, 7) is 11.5. The fourth-order valence-corrected chi connectivity index (χ4v) is 3.51. The Morgan fingerprint density at radius 1 is 1.10 bits per heavy atom. The number of benzene rings is 2. The number of hydrogen-bond donors (Lipinski definition) is 1. The largest absolute Gasteiger partial charge is 0.489 e. The van der Waals surface area contributed by atoms with Crippen molar-refractivity contribution in [2.45, 2.75) is 6.04 Å². The van der Waals surface area contributed by atoms with E-state index in [4.69, 9.17) is 9.47 Å². The van der Waals surface area contributed by atoms with E-state index in [0.717, 1.165) is 18.7 Å². The van der Waals surface area contributed by atoms with Crippen LogP contribution in [-0.2, 0) is 4.74 Å². The van der Waals surface area contributed by atoms with Crippen molar-refractivity contribution in [1.82, 2.24) is 10.2 Å². The summed E-state index contributed by atoms with van der Waals surface area (Å²) in [7, 11) is 0. The molecule has 3 rings (SSSR count). The predicted molar refractivity (Wildman–Crippen MR) is 124 cm³/mol. The number of ether oxygens (including phenoxy) is 2. The second kappa shape index (κ2) is 11.9. The second-order valence-corrected chi connectivity index (χ2v) is 7.28. The van der Waals surface area contributed by atoms with Crippen LogP contribution in [0, 0.1) is 0 Å². The van der Waals surface area contributed by atoms with E-state index in [0.29, 0.717) is 37.7 Å². The summed E-state index contributed by atoms with van der Waals surface area (Å²) >= 11 is 0. The Hall–Kier alpha value is -3.15. The van der Waals surface area contributed by atoms with Crippen molar-refractivity contribution >= 4 is 5.91 Å². The van der Waals surface area contributed by atoms with Crippen LogP contribution in [0.2, 0.25) is 0 Å². The number of hydrogen-bond acceptors (Lipinski definition) is 4. The van der Waals surface area contributed by atoms with E-state index >= 15 is 0 Å². The lowest BCUT2D eigenvalue weighted by Crippen LogP contribution is -2.43. The number of carbonyl (C=O) groups is 1. The van der Waals surface area contributed by atoms with Gasteiger partial charge in [-0.3, -0.25) is 9.69 Å². The maximum Gasteiger partial charge on any atom is 0.251 e. The van der Waals surface area contributed by atoms with Gasteiger partial charge in [-0.2, -0.15) is 0 Å². The van der Waals surface area contributed by atoms with Crippen molar-refractivity contribution in [3.8, 4) is 5.75 Å². The first-order valence-corrected chi connectivity index (χ1v) is 10.5. The van der Waals surface area contributed by atoms with Crippen LogP contribution in [0.15, 0.2) is 91.6 Å². The molecule has 1 saturated heterocycles. The van der Waals surface area contributed by atoms with Gasteiger partial charge in [0.25, 0.3) is 5.91 Å². The Bertz CT molecular complexity index is 885. The first-order chi connectivity index (χ1) is 15.2. The number of nitrogens with zero attached hydrogens (tertiary/aromatic N) is 1. The molecule has 1 fully saturated rings. The van der Waals surface area contributed by atoms with E-state index in [1.807, 2.05) is 24.3 Å². The molecule has 0 bridgehead atoms. The first-order valence-electron chi connectivity index (χ1n) is 10.5. The maximum atomic E-state index is 12.7. The molecule has 1 N–H and O–H groups in total. The molecule has 0 spiro atoms. The van der Waals surface area contributed by atoms with Crippen LogP contribution in [0.5, 0.6) is 5.75 Å². The van der Waals surface area contributed by atoms with Gasteiger partial charge >= 0.3 is 0 Å². The highest BCUT2D eigenvalue weighted by Gasteiger charge is 2.23. The zero-order chi connectivity index (χ0) is 21.9. The number of allylic oxidation sites excluding steroid dienone is 2. The maximum absolute atomic E-state index is 12.7. The highest BCUT2D eigenvalue weighted by atomic mass is 16.5. The van der Waals surface area contributed by atoms with E-state index < -0.39 is 0 Å². The minimum absolute atomic E-state index is 0.0981. The van der Waals surface area contributed by atoms with E-state index in [1.165, 1.54) is 5.56 Å². The molecule has 162 valence electrons. The number of amides is 1. The highest BCUT2D eigenvalue weighted by Crippen LogP contribution is 2.21. The molecule has 0 aromatic heterocycles. The van der Waals surface area contributed by atoms with Gasteiger partial charge < -0.3 is 14.8 Å². The van der Waals surface area contributed by atoms with Crippen molar-refractivity contribution in [2.24, 2.45) is 0 Å². The summed E-state index contributed by atoms with van der Waals surface area (Å²) in [6, 6.07) is 17.6. The normalized spacial score (nSPS) is 15.7. The van der Waals surface area contributed by atoms with E-state index in [2.05, 4.69) is 35.5 Å². The topological polar surface area (TPSA) is 50.8 Å². The first kappa shape index (κ1) is 22.5. The SMILES string of the molecule is C=C/C=C(\C=C)COc1ccc(C(=O)NCC(c2ccccc2)N2CCOCC2)cc1. The minimum Gasteiger partial charge on any atom is -0.489 e. The summed E-state index contributed by atoms with van der Waals surface area (Å²) in [5.74, 6) is 0.600. The van der Waals surface area contributed by atoms with Gasteiger partial charge in [0.05, 0.1) is 19.3 Å². The van der Waals surface area contributed by atoms with Gasteiger partial charge in [-0.15, -0.1) is 0 Å². The Kier molecular flexibility index (Phi) is 8.64. The van der Waals surface area contributed by atoms with Crippen LogP contribution in [0.25, 0.3) is 0 Å². The summed E-state index contributed by atoms with van der Waals surface area (Å²) < 4.78 is 11.2. The van der Waals surface area contributed by atoms with Gasteiger partial charge in [0.15, 0.2) is 0 Å². The molecule has 5 heteroatoms. The van der Waals surface area contributed by atoms with Crippen LogP contribution in [0.3, 0.4) is 0 Å². The Labute approximate surface area is 184 Å². The predicted octanol–water partition coefficient (Wildman–Crippen LogP) is 4.17. The number of morpholine rings is 1. The van der Waals surface area contributed by atoms with Crippen molar-refractivity contribution in [1.29, 1.82) is 0 Å². The Morgan fingerprint density at radius 3 is 2.45 bits per heavy atom. The molecule has 1 heterocycles. The summed E-state index contributed by atoms with van der Waals surface area (Å²) in [4.78, 5) is 15.1. The molecule has 0 saturated carbocycles. The van der Waals surface area contributed by atoms with Gasteiger partial charge in [-0.1, -0.05) is 61.7 Å². The fraction of sp³-hybridized carbons (Fsp3) is 0.269. The van der Waals surface area contributed by atoms with Crippen LogP contribution < -0.4 is 10.1 Å². The number of carbonyl (C=O) groups excluding carboxylic acids is 1. The summed E-state index contributed by atoms with van der Waals surface area (Å²) in [5.41, 5.74) is 2.73. The third-order valence-corrected chi connectivity index (χ3v) is 5.24. The molecular formula is C26H30N2O3. The zero-order valence-electron chi connectivity index (χ0n) is 17.8. The Morgan fingerprint density at radius 2 is 1.81 bits per heavy atom. The molecular weight excluding hydrogens is 388 g/mol. The molecule has 1 unspecified atom stereocenters. The van der Waals surface area contributed by atoms with Gasteiger partial charge in [-0.05, 0) is 35.4 Å². The third-order valence-electron chi connectivity index (χ3n) is 5.24. The van der Waals surface area contributed by atoms with E-state index in [1.54, 1.807) is 36.4 Å². The van der Waals surface area contributed by atoms with E-state index in [9.17, 15) is 4.79 Å². The smallest absolute Gasteiger partial charge is 0.251 e. The lowest BCUT2D eigenvalue weighted by Gasteiger charge is -2.35. The Balaban J connectivity index is 1.59. The third kappa shape index (κ3) is 6.67. The van der Waals surface area contributed by atoms with Crippen molar-refractivity contribution in [3.63, 3.8) is 0 Å². The summed E-state index contributed by atoms with van der Waals surface area (Å²) in [5, 5.41) is 3.09. The molecule has 1 atom stereocenters. The van der Waals surface area contributed by atoms with Crippen LogP contribution in [-0.4, -0.2) is 50.3 Å². The highest BCUT2D eigenvalue weighted by molar-refractivity contribution is 5.94. The average molecular weight is 419 g/mol. The number of nitrogens with one attached hydrogen (secondary N) is 1. The molecule has 2 aromatic rings. The lowest BCUT2D eigenvalue weighted by molar-refractivity contribution is 0.0162. The quantitative estimate of drug-likeness (QED) is 0.589. The minimum atomic E-state index is -0.0981. The summed E-state index contributed by atoms with van der Waals surface area (Å²) in [6.07, 6.45) is 5.29. The molecule has 1 aliphatic heterocycles. The average Bonchev–Trinajstić information content (AvgIpc) is 2.83. The standard InChI is InChI=1S/C26H30N2O3/c1-3-8-21(4-2)20-31-24-13-11-23(12-14-24)26(29)27-19-25(22-9-6-5-7-10-22)28-15-17-30-18-16-28/h3-14,25H,1-2,15-20H2,(H,27,29)/b21-8+. The fourth-order valence-electron chi connectivity index (χ4n) is 3.51. The van der Waals surface area contributed by atoms with Crippen LogP contribution in [0.1, 0.15) is 22.0 Å². The van der Waals surface area contributed by atoms with Crippen molar-refractivity contribution in [2.75, 3.05) is 39.5 Å². The van der Waals surface area contributed by atoms with Crippen LogP contribution in [0.4, 0.5) is 0 Å². The van der Waals surface area contributed by atoms with Crippen molar-refractivity contribution < 1.29 is 14.3 Å². The molecule has 0 radical (unpaired) electrons. The van der Waals surface area contributed by atoms with Gasteiger partial charge in [0, 0.05) is 25.2 Å². The van der Waals surface area contributed by atoms with Crippen LogP contribution >= 0.6 is 0 Å². The zero-order valence-corrected chi connectivity index (χ0v) is 17.8. The number of rotatable bonds is 10. The monoisotopic (exact) mass is 418 g/mol.